The van der Waals surface area contributed by atoms with Gasteiger partial charge in [-0.1, -0.05) is 0 Å². The van der Waals surface area contributed by atoms with Crippen molar-refractivity contribution in [3.05, 3.63) is 6.92 Å². The van der Waals surface area contributed by atoms with Crippen LogP contribution in [0.4, 0.5) is 13.2 Å². The van der Waals surface area contributed by atoms with Gasteiger partial charge in [0.2, 0.25) is 0 Å². The molecule has 0 aliphatic rings. The van der Waals surface area contributed by atoms with Crippen molar-refractivity contribution >= 4 is 0 Å². The van der Waals surface area contributed by atoms with Gasteiger partial charge in [0.05, 0.1) is 5.92 Å². The van der Waals surface area contributed by atoms with Crippen molar-refractivity contribution in [3.8, 4) is 12.0 Å². The first-order valence-corrected chi connectivity index (χ1v) is 2.06. The number of rotatable bonds is 1. The Morgan fingerprint density at radius 2 is 2.00 bits per heavy atom. The van der Waals surface area contributed by atoms with Crippen LogP contribution in [0.1, 0.15) is 0 Å². The van der Waals surface area contributed by atoms with Crippen LogP contribution in [-0.4, -0.2) is 12.8 Å². The summed E-state index contributed by atoms with van der Waals surface area (Å²) in [7, 11) is 0. The van der Waals surface area contributed by atoms with Crippen LogP contribution in [0.25, 0.3) is 0 Å². The fourth-order valence-corrected chi connectivity index (χ4v) is 0.145. The Morgan fingerprint density at radius 1 is 1.44 bits per heavy atom. The number of halogens is 3. The Bertz CT molecular complexity index is 127. The van der Waals surface area contributed by atoms with Gasteiger partial charge < -0.3 is 4.74 Å². The smallest absolute Gasteiger partial charge is 0.446 e. The van der Waals surface area contributed by atoms with Crippen LogP contribution >= 0.6 is 0 Å². The van der Waals surface area contributed by atoms with Gasteiger partial charge in [0.25, 0.3) is 0 Å². The maximum atomic E-state index is 11.1. The molecule has 4 heteroatoms. The van der Waals surface area contributed by atoms with Crippen LogP contribution in [0, 0.1) is 19.0 Å². The molecule has 0 spiro atoms. The highest BCUT2D eigenvalue weighted by Gasteiger charge is 2.23. The van der Waals surface area contributed by atoms with E-state index in [4.69, 9.17) is 0 Å². The molecule has 0 heterocycles. The average molecular weight is 137 g/mol. The highest BCUT2D eigenvalue weighted by Crippen LogP contribution is 2.11. The lowest BCUT2D eigenvalue weighted by atomic mass is 10.7. The third-order valence-electron chi connectivity index (χ3n) is 0.367. The van der Waals surface area contributed by atoms with Gasteiger partial charge in [-0.3, -0.25) is 0 Å². The van der Waals surface area contributed by atoms with E-state index in [9.17, 15) is 13.2 Å². The molecule has 0 aromatic heterocycles. The second kappa shape index (κ2) is 3.23. The first-order chi connectivity index (χ1) is 4.06. The molecule has 0 amide bonds. The zero-order chi connectivity index (χ0) is 7.33. The van der Waals surface area contributed by atoms with E-state index in [0.29, 0.717) is 0 Å². The SMILES string of the molecule is [CH2]COC#CC(F)(F)F. The van der Waals surface area contributed by atoms with Crippen LogP contribution < -0.4 is 0 Å². The molecule has 9 heavy (non-hydrogen) atoms. The summed E-state index contributed by atoms with van der Waals surface area (Å²) < 4.78 is 37.3. The first-order valence-electron chi connectivity index (χ1n) is 2.06. The van der Waals surface area contributed by atoms with Gasteiger partial charge in [-0.15, -0.1) is 0 Å². The lowest BCUT2D eigenvalue weighted by molar-refractivity contribution is -0.0703. The minimum absolute atomic E-state index is 0.0803. The molecule has 0 fully saturated rings. The predicted molar refractivity (Wildman–Crippen MR) is 25.1 cm³/mol. The van der Waals surface area contributed by atoms with Gasteiger partial charge in [-0.05, 0) is 6.92 Å². The lowest BCUT2D eigenvalue weighted by Crippen LogP contribution is -2.01. The zero-order valence-corrected chi connectivity index (χ0v) is 4.46. The highest BCUT2D eigenvalue weighted by molar-refractivity contribution is 4.99. The van der Waals surface area contributed by atoms with Gasteiger partial charge in [0.1, 0.15) is 12.7 Å². The summed E-state index contributed by atoms with van der Waals surface area (Å²) in [5.41, 5.74) is 0. The van der Waals surface area contributed by atoms with E-state index in [1.54, 1.807) is 0 Å². The zero-order valence-electron chi connectivity index (χ0n) is 4.46. The molecule has 1 nitrogen and oxygen atoms in total. The van der Waals surface area contributed by atoms with Crippen LogP contribution in [-0.2, 0) is 4.74 Å². The maximum Gasteiger partial charge on any atom is 0.460 e. The minimum atomic E-state index is -4.46. The molecular formula is C5H4F3O. The molecule has 0 aliphatic heterocycles. The summed E-state index contributed by atoms with van der Waals surface area (Å²) in [6.45, 7) is 3.03. The normalized spacial score (nSPS) is 9.78. The van der Waals surface area contributed by atoms with E-state index in [1.807, 2.05) is 0 Å². The van der Waals surface area contributed by atoms with Gasteiger partial charge in [-0.25, -0.2) is 0 Å². The standard InChI is InChI=1S/C5H4F3O/c1-2-9-4-3-5(6,7)8/h1-2H2. The Labute approximate surface area is 50.8 Å². The van der Waals surface area contributed by atoms with E-state index in [-0.39, 0.29) is 6.61 Å². The molecule has 0 rings (SSSR count). The summed E-state index contributed by atoms with van der Waals surface area (Å²) >= 11 is 0. The van der Waals surface area contributed by atoms with Crippen molar-refractivity contribution < 1.29 is 17.9 Å². The minimum Gasteiger partial charge on any atom is -0.446 e. The van der Waals surface area contributed by atoms with Crippen molar-refractivity contribution in [2.24, 2.45) is 0 Å². The Morgan fingerprint density at radius 3 is 2.33 bits per heavy atom. The Hall–Kier alpha value is -0.850. The molecule has 0 bridgehead atoms. The number of hydrogen-bond acceptors (Lipinski definition) is 1. The van der Waals surface area contributed by atoms with Gasteiger partial charge in [0, 0.05) is 0 Å². The summed E-state index contributed by atoms with van der Waals surface area (Å²) in [6, 6.07) is 0. The molecule has 0 saturated heterocycles. The van der Waals surface area contributed by atoms with E-state index >= 15 is 0 Å². The molecule has 0 saturated carbocycles. The Kier molecular flexibility index (Phi) is 2.93. The molecule has 0 atom stereocenters. The molecule has 0 aliphatic carbocycles. The van der Waals surface area contributed by atoms with Gasteiger partial charge in [-0.2, -0.15) is 13.2 Å². The molecular weight excluding hydrogens is 133 g/mol. The van der Waals surface area contributed by atoms with Gasteiger partial charge in [0.15, 0.2) is 0 Å². The van der Waals surface area contributed by atoms with E-state index in [1.165, 1.54) is 6.11 Å². The van der Waals surface area contributed by atoms with E-state index in [2.05, 4.69) is 11.7 Å². The second-order valence-electron chi connectivity index (χ2n) is 1.07. The molecule has 1 radical (unpaired) electrons. The predicted octanol–water partition coefficient (Wildman–Crippen LogP) is 1.36. The molecule has 51 valence electrons. The number of hydrogen-bond donors (Lipinski definition) is 0. The molecule has 0 N–H and O–H groups in total. The topological polar surface area (TPSA) is 9.23 Å². The highest BCUT2D eigenvalue weighted by atomic mass is 19.4. The van der Waals surface area contributed by atoms with Crippen LogP contribution in [0.15, 0.2) is 0 Å². The van der Waals surface area contributed by atoms with Crippen LogP contribution in [0.3, 0.4) is 0 Å². The fraction of sp³-hybridized carbons (Fsp3) is 0.400. The van der Waals surface area contributed by atoms with E-state index in [0.717, 1.165) is 5.92 Å². The van der Waals surface area contributed by atoms with Crippen molar-refractivity contribution in [2.75, 3.05) is 6.61 Å². The molecule has 0 aromatic rings. The summed E-state index contributed by atoms with van der Waals surface area (Å²) in [5, 5.41) is 0. The van der Waals surface area contributed by atoms with Crippen LogP contribution in [0.5, 0.6) is 0 Å². The summed E-state index contributed by atoms with van der Waals surface area (Å²) in [6.07, 6.45) is -3.03. The van der Waals surface area contributed by atoms with Gasteiger partial charge >= 0.3 is 6.18 Å². The second-order valence-corrected chi connectivity index (χ2v) is 1.07. The summed E-state index contributed by atoms with van der Waals surface area (Å²) in [5.74, 6) is 0.911. The number of ether oxygens (including phenoxy) is 1. The third-order valence-corrected chi connectivity index (χ3v) is 0.367. The average Bonchev–Trinajstić information content (AvgIpc) is 1.63. The maximum absolute atomic E-state index is 11.1. The van der Waals surface area contributed by atoms with Crippen molar-refractivity contribution in [1.29, 1.82) is 0 Å². The van der Waals surface area contributed by atoms with Crippen molar-refractivity contribution in [1.82, 2.24) is 0 Å². The summed E-state index contributed by atoms with van der Waals surface area (Å²) in [4.78, 5) is 0. The molecule has 0 aromatic carbocycles. The largest absolute Gasteiger partial charge is 0.460 e. The fourth-order valence-electron chi connectivity index (χ4n) is 0.145. The molecule has 0 unspecified atom stereocenters. The van der Waals surface area contributed by atoms with Crippen molar-refractivity contribution in [3.63, 3.8) is 0 Å². The van der Waals surface area contributed by atoms with Crippen molar-refractivity contribution in [2.45, 2.75) is 6.18 Å². The first kappa shape index (κ1) is 8.15. The lowest BCUT2D eigenvalue weighted by Gasteiger charge is -1.91. The Balaban J connectivity index is 3.59. The number of alkyl halides is 3. The van der Waals surface area contributed by atoms with E-state index < -0.39 is 6.18 Å². The quantitative estimate of drug-likeness (QED) is 0.496. The third kappa shape index (κ3) is 7.15. The van der Waals surface area contributed by atoms with Crippen LogP contribution in [0.2, 0.25) is 0 Å². The monoisotopic (exact) mass is 137 g/mol.